The van der Waals surface area contributed by atoms with E-state index in [0.717, 1.165) is 37.7 Å². The zero-order valence-corrected chi connectivity index (χ0v) is 21.9. The fourth-order valence-corrected chi connectivity index (χ4v) is 6.46. The molecule has 0 radical (unpaired) electrons. The minimum atomic E-state index is 0.355. The van der Waals surface area contributed by atoms with Crippen LogP contribution in [0.25, 0.3) is 0 Å². The van der Waals surface area contributed by atoms with Gasteiger partial charge < -0.3 is 14.4 Å². The number of rotatable bonds is 9. The molecule has 1 saturated heterocycles. The van der Waals surface area contributed by atoms with E-state index in [1.165, 1.54) is 56.3 Å². The van der Waals surface area contributed by atoms with Crippen LogP contribution in [0.2, 0.25) is 0 Å². The zero-order chi connectivity index (χ0) is 23.4. The fourth-order valence-electron chi connectivity index (χ4n) is 6.46. The molecule has 1 heterocycles. The molecule has 0 amide bonds. The van der Waals surface area contributed by atoms with E-state index < -0.39 is 0 Å². The van der Waals surface area contributed by atoms with Crippen molar-refractivity contribution in [2.45, 2.75) is 86.0 Å². The highest BCUT2D eigenvalue weighted by atomic mass is 16.5. The highest BCUT2D eigenvalue weighted by Gasteiger charge is 2.40. The molecule has 0 N–H and O–H groups in total. The summed E-state index contributed by atoms with van der Waals surface area (Å²) >= 11 is 0. The Kier molecular flexibility index (Phi) is 8.41. The maximum absolute atomic E-state index is 6.01. The van der Waals surface area contributed by atoms with Crippen LogP contribution in [0.4, 0.5) is 5.69 Å². The van der Waals surface area contributed by atoms with Crippen LogP contribution in [-0.2, 0) is 0 Å². The first kappa shape index (κ1) is 25.2. The summed E-state index contributed by atoms with van der Waals surface area (Å²) in [4.78, 5) is 5.26. The average Bonchev–Trinajstić information content (AvgIpc) is 2.72. The highest BCUT2D eigenvalue weighted by molar-refractivity contribution is 5.64. The monoisotopic (exact) mass is 444 g/mol. The van der Waals surface area contributed by atoms with Gasteiger partial charge in [0.1, 0.15) is 0 Å². The Labute approximate surface area is 197 Å². The molecule has 1 aromatic rings. The second kappa shape index (κ2) is 10.7. The largest absolute Gasteiger partial charge is 0.493 e. The molecule has 0 bridgehead atoms. The number of hydrogen-bond acceptors (Lipinski definition) is 4. The minimum Gasteiger partial charge on any atom is -0.493 e. The molecule has 4 nitrogen and oxygen atoms in total. The second-order valence-electron chi connectivity index (χ2n) is 11.6. The summed E-state index contributed by atoms with van der Waals surface area (Å²) in [5, 5.41) is 0. The van der Waals surface area contributed by atoms with Gasteiger partial charge in [0.2, 0.25) is 0 Å². The van der Waals surface area contributed by atoms with Crippen LogP contribution in [0.5, 0.6) is 11.5 Å². The SMILES string of the molecule is CCCCCN1CCN(c2cc(OCC)c(OC)cc2C2CC(C)(C)CC(C)(C)C2)CC1. The van der Waals surface area contributed by atoms with Crippen LogP contribution in [0.1, 0.15) is 91.5 Å². The van der Waals surface area contributed by atoms with E-state index in [4.69, 9.17) is 9.47 Å². The van der Waals surface area contributed by atoms with Crippen molar-refractivity contribution in [3.63, 3.8) is 0 Å². The first-order valence-electron chi connectivity index (χ1n) is 13.0. The van der Waals surface area contributed by atoms with Crippen LogP contribution in [0.15, 0.2) is 12.1 Å². The van der Waals surface area contributed by atoms with Gasteiger partial charge in [-0.1, -0.05) is 47.5 Å². The van der Waals surface area contributed by atoms with Gasteiger partial charge >= 0.3 is 0 Å². The van der Waals surface area contributed by atoms with Gasteiger partial charge in [0.05, 0.1) is 13.7 Å². The lowest BCUT2D eigenvalue weighted by Gasteiger charge is -2.46. The highest BCUT2D eigenvalue weighted by Crippen LogP contribution is 2.54. The van der Waals surface area contributed by atoms with Gasteiger partial charge in [-0.25, -0.2) is 0 Å². The normalized spacial score (nSPS) is 21.5. The molecule has 1 saturated carbocycles. The maximum atomic E-state index is 6.01. The van der Waals surface area contributed by atoms with E-state index in [1.54, 1.807) is 7.11 Å². The van der Waals surface area contributed by atoms with E-state index in [1.807, 2.05) is 6.92 Å². The topological polar surface area (TPSA) is 24.9 Å². The molecule has 1 aliphatic heterocycles. The summed E-state index contributed by atoms with van der Waals surface area (Å²) in [7, 11) is 1.77. The molecule has 1 aliphatic carbocycles. The zero-order valence-electron chi connectivity index (χ0n) is 21.9. The number of hydrogen-bond donors (Lipinski definition) is 0. The van der Waals surface area contributed by atoms with Gasteiger partial charge in [-0.3, -0.25) is 4.90 Å². The van der Waals surface area contributed by atoms with Crippen LogP contribution >= 0.6 is 0 Å². The number of unbranched alkanes of at least 4 members (excludes halogenated alkanes) is 2. The number of methoxy groups -OCH3 is 1. The Balaban J connectivity index is 1.89. The van der Waals surface area contributed by atoms with Crippen LogP contribution < -0.4 is 14.4 Å². The molecular formula is C28H48N2O2. The third-order valence-corrected chi connectivity index (χ3v) is 7.40. The van der Waals surface area contributed by atoms with E-state index in [-0.39, 0.29) is 0 Å². The number of piperazine rings is 1. The van der Waals surface area contributed by atoms with Crippen molar-refractivity contribution in [3.05, 3.63) is 17.7 Å². The predicted octanol–water partition coefficient (Wildman–Crippen LogP) is 6.73. The Bertz CT molecular complexity index is 719. The molecule has 0 spiro atoms. The van der Waals surface area contributed by atoms with Crippen molar-refractivity contribution in [2.24, 2.45) is 10.8 Å². The summed E-state index contributed by atoms with van der Waals surface area (Å²) in [6.07, 6.45) is 7.72. The fraction of sp³-hybridized carbons (Fsp3) is 0.786. The Morgan fingerprint density at radius 1 is 0.906 bits per heavy atom. The molecule has 3 rings (SSSR count). The molecule has 32 heavy (non-hydrogen) atoms. The molecule has 182 valence electrons. The van der Waals surface area contributed by atoms with Gasteiger partial charge in [0.25, 0.3) is 0 Å². The van der Waals surface area contributed by atoms with Crippen LogP contribution in [0, 0.1) is 10.8 Å². The molecule has 0 atom stereocenters. The van der Waals surface area contributed by atoms with E-state index in [9.17, 15) is 0 Å². The lowest BCUT2D eigenvalue weighted by molar-refractivity contribution is 0.0968. The van der Waals surface area contributed by atoms with E-state index in [2.05, 4.69) is 56.6 Å². The lowest BCUT2D eigenvalue weighted by atomic mass is 9.60. The molecule has 2 aliphatic rings. The summed E-state index contributed by atoms with van der Waals surface area (Å²) in [6.45, 7) is 20.5. The van der Waals surface area contributed by atoms with Crippen molar-refractivity contribution < 1.29 is 9.47 Å². The summed E-state index contributed by atoms with van der Waals surface area (Å²) in [5.41, 5.74) is 3.55. The smallest absolute Gasteiger partial charge is 0.163 e. The molecule has 4 heteroatoms. The first-order chi connectivity index (χ1) is 15.2. The van der Waals surface area contributed by atoms with Crippen molar-refractivity contribution >= 4 is 5.69 Å². The lowest BCUT2D eigenvalue weighted by Crippen LogP contribution is -2.47. The second-order valence-corrected chi connectivity index (χ2v) is 11.6. The van der Waals surface area contributed by atoms with Crippen molar-refractivity contribution in [1.29, 1.82) is 0 Å². The van der Waals surface area contributed by atoms with E-state index >= 15 is 0 Å². The molecular weight excluding hydrogens is 396 g/mol. The third kappa shape index (κ3) is 6.34. The minimum absolute atomic E-state index is 0.355. The van der Waals surface area contributed by atoms with Crippen molar-refractivity contribution in [3.8, 4) is 11.5 Å². The number of benzene rings is 1. The first-order valence-corrected chi connectivity index (χ1v) is 13.0. The quantitative estimate of drug-likeness (QED) is 0.394. The molecule has 0 aromatic heterocycles. The Morgan fingerprint density at radius 3 is 2.12 bits per heavy atom. The molecule has 2 fully saturated rings. The number of nitrogens with zero attached hydrogens (tertiary/aromatic N) is 2. The van der Waals surface area contributed by atoms with Crippen LogP contribution in [0.3, 0.4) is 0 Å². The standard InChI is InChI=1S/C28H48N2O2/c1-8-10-11-12-29-13-15-30(16-14-29)24-18-26(32-9-2)25(31-7)17-23(24)22-19-27(3,4)21-28(5,6)20-22/h17-18,22H,8-16,19-21H2,1-7H3. The summed E-state index contributed by atoms with van der Waals surface area (Å²) < 4.78 is 11.8. The van der Waals surface area contributed by atoms with Gasteiger partial charge in [0, 0.05) is 37.9 Å². The summed E-state index contributed by atoms with van der Waals surface area (Å²) in [6, 6.07) is 4.58. The molecule has 1 aromatic carbocycles. The van der Waals surface area contributed by atoms with E-state index in [0.29, 0.717) is 23.4 Å². The van der Waals surface area contributed by atoms with Crippen molar-refractivity contribution in [2.75, 3.05) is 51.3 Å². The van der Waals surface area contributed by atoms with Crippen molar-refractivity contribution in [1.82, 2.24) is 4.90 Å². The Hall–Kier alpha value is -1.42. The molecule has 0 unspecified atom stereocenters. The van der Waals surface area contributed by atoms with Crippen LogP contribution in [-0.4, -0.2) is 51.3 Å². The summed E-state index contributed by atoms with van der Waals surface area (Å²) in [5.74, 6) is 2.31. The van der Waals surface area contributed by atoms with Gasteiger partial charge in [-0.2, -0.15) is 0 Å². The van der Waals surface area contributed by atoms with Gasteiger partial charge in [-0.15, -0.1) is 0 Å². The predicted molar refractivity (Wildman–Crippen MR) is 136 cm³/mol. The third-order valence-electron chi connectivity index (χ3n) is 7.40. The average molecular weight is 445 g/mol. The maximum Gasteiger partial charge on any atom is 0.163 e. The van der Waals surface area contributed by atoms with Gasteiger partial charge in [-0.05, 0) is 67.5 Å². The van der Waals surface area contributed by atoms with Gasteiger partial charge in [0.15, 0.2) is 11.5 Å². The number of anilines is 1. The Morgan fingerprint density at radius 2 is 1.56 bits per heavy atom. The number of ether oxygens (including phenoxy) is 2.